The molecule has 1 aliphatic rings. The molecular weight excluding hydrogens is 376 g/mol. The van der Waals surface area contributed by atoms with E-state index < -0.39 is 10.0 Å². The molecule has 0 heterocycles. The van der Waals surface area contributed by atoms with Gasteiger partial charge in [-0.1, -0.05) is 0 Å². The summed E-state index contributed by atoms with van der Waals surface area (Å²) in [5, 5.41) is 0. The lowest BCUT2D eigenvalue weighted by Crippen LogP contribution is -2.29. The van der Waals surface area contributed by atoms with E-state index in [1.165, 1.54) is 12.1 Å². The molecule has 0 saturated heterocycles. The van der Waals surface area contributed by atoms with Gasteiger partial charge in [0, 0.05) is 30.4 Å². The number of rotatable bonds is 9. The molecule has 0 unspecified atom stereocenters. The van der Waals surface area contributed by atoms with Gasteiger partial charge in [-0.2, -0.15) is 0 Å². The molecule has 1 aliphatic carbocycles. The Balaban J connectivity index is 1.57. The zero-order chi connectivity index (χ0) is 20.1. The van der Waals surface area contributed by atoms with Crippen LogP contribution in [0.1, 0.15) is 37.0 Å². The molecule has 2 aromatic rings. The van der Waals surface area contributed by atoms with Crippen LogP contribution >= 0.6 is 0 Å². The number of hydrogen-bond donors (Lipinski definition) is 3. The topological polar surface area (TPSA) is 90.5 Å². The van der Waals surface area contributed by atoms with Gasteiger partial charge in [-0.05, 0) is 75.2 Å². The third-order valence-corrected chi connectivity index (χ3v) is 6.18. The molecule has 0 aliphatic heterocycles. The normalized spacial score (nSPS) is 13.8. The molecule has 7 nitrogen and oxygen atoms in total. The van der Waals surface area contributed by atoms with Crippen molar-refractivity contribution in [2.75, 3.05) is 23.4 Å². The lowest BCUT2D eigenvalue weighted by molar-refractivity contribution is 0.0962. The van der Waals surface area contributed by atoms with Crippen LogP contribution < -0.4 is 20.5 Å². The standard InChI is InChI=1S/C20H26N4O3S/c1-3-24(4-2)18-11-5-15(6-12-18)20(25)22-21-16-9-13-19(14-10-16)28(26,27)23-17-7-8-17/h5-6,9-14,17,21,23H,3-4,7-8H2,1-2H3,(H,22,25). The highest BCUT2D eigenvalue weighted by Gasteiger charge is 2.27. The number of nitrogens with one attached hydrogen (secondary N) is 3. The number of sulfonamides is 1. The average molecular weight is 403 g/mol. The molecule has 0 bridgehead atoms. The van der Waals surface area contributed by atoms with Crippen LogP contribution in [0.25, 0.3) is 0 Å². The zero-order valence-electron chi connectivity index (χ0n) is 16.1. The zero-order valence-corrected chi connectivity index (χ0v) is 16.9. The van der Waals surface area contributed by atoms with Crippen LogP contribution in [0.4, 0.5) is 11.4 Å². The predicted octanol–water partition coefficient (Wildman–Crippen LogP) is 2.73. The van der Waals surface area contributed by atoms with Crippen LogP contribution in [-0.4, -0.2) is 33.5 Å². The molecular formula is C20H26N4O3S. The van der Waals surface area contributed by atoms with Crippen molar-refractivity contribution in [2.24, 2.45) is 0 Å². The number of hydrogen-bond acceptors (Lipinski definition) is 5. The molecule has 0 atom stereocenters. The number of hydrazine groups is 1. The van der Waals surface area contributed by atoms with E-state index in [-0.39, 0.29) is 16.8 Å². The number of carbonyl (C=O) groups is 1. The van der Waals surface area contributed by atoms with Crippen molar-refractivity contribution < 1.29 is 13.2 Å². The van der Waals surface area contributed by atoms with Crippen molar-refractivity contribution in [1.29, 1.82) is 0 Å². The summed E-state index contributed by atoms with van der Waals surface area (Å²) in [6, 6.07) is 13.7. The van der Waals surface area contributed by atoms with Crippen molar-refractivity contribution in [3.05, 3.63) is 54.1 Å². The second-order valence-electron chi connectivity index (χ2n) is 6.72. The molecule has 1 fully saturated rings. The predicted molar refractivity (Wildman–Crippen MR) is 111 cm³/mol. The summed E-state index contributed by atoms with van der Waals surface area (Å²) in [5.41, 5.74) is 7.64. The van der Waals surface area contributed by atoms with Gasteiger partial charge >= 0.3 is 0 Å². The summed E-state index contributed by atoms with van der Waals surface area (Å²) in [7, 11) is -3.47. The van der Waals surface area contributed by atoms with Gasteiger partial charge in [0.25, 0.3) is 5.91 Å². The highest BCUT2D eigenvalue weighted by Crippen LogP contribution is 2.22. The maximum atomic E-state index is 12.3. The smallest absolute Gasteiger partial charge is 0.269 e. The number of amides is 1. The summed E-state index contributed by atoms with van der Waals surface area (Å²) in [5.74, 6) is -0.266. The van der Waals surface area contributed by atoms with Gasteiger partial charge in [0.15, 0.2) is 0 Å². The van der Waals surface area contributed by atoms with Crippen molar-refractivity contribution in [2.45, 2.75) is 37.6 Å². The minimum atomic E-state index is -3.47. The quantitative estimate of drug-likeness (QED) is 0.561. The van der Waals surface area contributed by atoms with Crippen LogP contribution in [0.15, 0.2) is 53.4 Å². The summed E-state index contributed by atoms with van der Waals surface area (Å²) < 4.78 is 27.0. The first kappa shape index (κ1) is 20.2. The molecule has 28 heavy (non-hydrogen) atoms. The first-order valence-corrected chi connectivity index (χ1v) is 10.9. The van der Waals surface area contributed by atoms with Crippen molar-refractivity contribution in [1.82, 2.24) is 10.1 Å². The Morgan fingerprint density at radius 1 is 1.00 bits per heavy atom. The molecule has 3 N–H and O–H groups in total. The number of benzene rings is 2. The Labute approximate surface area is 166 Å². The fourth-order valence-corrected chi connectivity index (χ4v) is 4.12. The van der Waals surface area contributed by atoms with E-state index in [1.807, 2.05) is 12.1 Å². The summed E-state index contributed by atoms with van der Waals surface area (Å²) in [6.07, 6.45) is 1.78. The highest BCUT2D eigenvalue weighted by molar-refractivity contribution is 7.89. The maximum absolute atomic E-state index is 12.3. The van der Waals surface area contributed by atoms with E-state index in [0.717, 1.165) is 31.6 Å². The van der Waals surface area contributed by atoms with Crippen LogP contribution in [-0.2, 0) is 10.0 Å². The molecule has 0 spiro atoms. The molecule has 1 saturated carbocycles. The van der Waals surface area contributed by atoms with E-state index in [9.17, 15) is 13.2 Å². The van der Waals surface area contributed by atoms with Crippen molar-refractivity contribution >= 4 is 27.3 Å². The summed E-state index contributed by atoms with van der Waals surface area (Å²) in [4.78, 5) is 14.7. The second kappa shape index (κ2) is 8.62. The van der Waals surface area contributed by atoms with Gasteiger partial charge in [-0.15, -0.1) is 0 Å². The SMILES string of the molecule is CCN(CC)c1ccc(C(=O)NNc2ccc(S(=O)(=O)NC3CC3)cc2)cc1. The summed E-state index contributed by atoms with van der Waals surface area (Å²) >= 11 is 0. The Morgan fingerprint density at radius 3 is 2.14 bits per heavy atom. The van der Waals surface area contributed by atoms with Crippen LogP contribution in [0.2, 0.25) is 0 Å². The number of anilines is 2. The second-order valence-corrected chi connectivity index (χ2v) is 8.43. The van der Waals surface area contributed by atoms with Crippen LogP contribution in [0.5, 0.6) is 0 Å². The van der Waals surface area contributed by atoms with E-state index in [2.05, 4.69) is 34.3 Å². The first-order chi connectivity index (χ1) is 13.4. The Bertz CT molecular complexity index is 903. The largest absolute Gasteiger partial charge is 0.372 e. The van der Waals surface area contributed by atoms with Crippen molar-refractivity contribution in [3.8, 4) is 0 Å². The minimum absolute atomic E-state index is 0.0650. The molecule has 8 heteroatoms. The average Bonchev–Trinajstić information content (AvgIpc) is 3.51. The molecule has 3 rings (SSSR count). The lowest BCUT2D eigenvalue weighted by atomic mass is 10.2. The monoisotopic (exact) mass is 402 g/mol. The summed E-state index contributed by atoms with van der Waals surface area (Å²) in [6.45, 7) is 6.00. The fraction of sp³-hybridized carbons (Fsp3) is 0.350. The number of nitrogens with zero attached hydrogens (tertiary/aromatic N) is 1. The molecule has 0 aromatic heterocycles. The third kappa shape index (κ3) is 5.02. The Morgan fingerprint density at radius 2 is 1.61 bits per heavy atom. The third-order valence-electron chi connectivity index (χ3n) is 4.64. The van der Waals surface area contributed by atoms with Gasteiger partial charge in [0.2, 0.25) is 10.0 Å². The maximum Gasteiger partial charge on any atom is 0.269 e. The first-order valence-electron chi connectivity index (χ1n) is 9.46. The van der Waals surface area contributed by atoms with E-state index in [4.69, 9.17) is 0 Å². The highest BCUT2D eigenvalue weighted by atomic mass is 32.2. The van der Waals surface area contributed by atoms with Gasteiger partial charge < -0.3 is 4.90 Å². The Kier molecular flexibility index (Phi) is 6.21. The van der Waals surface area contributed by atoms with Crippen molar-refractivity contribution in [3.63, 3.8) is 0 Å². The van der Waals surface area contributed by atoms with E-state index in [0.29, 0.717) is 11.3 Å². The van der Waals surface area contributed by atoms with Crippen LogP contribution in [0.3, 0.4) is 0 Å². The molecule has 150 valence electrons. The molecule has 0 radical (unpaired) electrons. The van der Waals surface area contributed by atoms with E-state index in [1.54, 1.807) is 24.3 Å². The van der Waals surface area contributed by atoms with Crippen LogP contribution in [0, 0.1) is 0 Å². The minimum Gasteiger partial charge on any atom is -0.372 e. The van der Waals surface area contributed by atoms with Gasteiger partial charge in [-0.3, -0.25) is 15.6 Å². The van der Waals surface area contributed by atoms with E-state index >= 15 is 0 Å². The van der Waals surface area contributed by atoms with Gasteiger partial charge in [-0.25, -0.2) is 13.1 Å². The molecule has 2 aromatic carbocycles. The van der Waals surface area contributed by atoms with Gasteiger partial charge in [0.1, 0.15) is 0 Å². The fourth-order valence-electron chi connectivity index (χ4n) is 2.82. The Hall–Kier alpha value is -2.58. The lowest BCUT2D eigenvalue weighted by Gasteiger charge is -2.21. The van der Waals surface area contributed by atoms with Gasteiger partial charge in [0.05, 0.1) is 10.6 Å². The number of carbonyl (C=O) groups excluding carboxylic acids is 1. The molecule has 1 amide bonds.